The van der Waals surface area contributed by atoms with E-state index < -0.39 is 5.97 Å². The van der Waals surface area contributed by atoms with Crippen LogP contribution in [0.1, 0.15) is 32.7 Å². The molecule has 0 radical (unpaired) electrons. The van der Waals surface area contributed by atoms with E-state index in [0.717, 1.165) is 5.56 Å². The van der Waals surface area contributed by atoms with E-state index in [-0.39, 0.29) is 17.8 Å². The number of nitrogens with one attached hydrogen (secondary N) is 1. The summed E-state index contributed by atoms with van der Waals surface area (Å²) in [4.78, 5) is 22.8. The number of benzene rings is 2. The van der Waals surface area contributed by atoms with Crippen molar-refractivity contribution in [2.24, 2.45) is 0 Å². The van der Waals surface area contributed by atoms with Crippen LogP contribution in [-0.2, 0) is 0 Å². The van der Waals surface area contributed by atoms with Crippen molar-refractivity contribution in [3.8, 4) is 0 Å². The number of aromatic carboxylic acids is 1. The number of ketones is 1. The van der Waals surface area contributed by atoms with Crippen LogP contribution in [0.2, 0.25) is 0 Å². The van der Waals surface area contributed by atoms with Gasteiger partial charge in [-0.3, -0.25) is 4.79 Å². The van der Waals surface area contributed by atoms with Crippen molar-refractivity contribution in [3.05, 3.63) is 77.5 Å². The Morgan fingerprint density at radius 2 is 1.55 bits per heavy atom. The van der Waals surface area contributed by atoms with Crippen molar-refractivity contribution in [2.45, 2.75) is 13.3 Å². The van der Waals surface area contributed by atoms with Gasteiger partial charge in [0.2, 0.25) is 0 Å². The quantitative estimate of drug-likeness (QED) is 0.831. The van der Waals surface area contributed by atoms with Gasteiger partial charge in [0.1, 0.15) is 0 Å². The molecule has 4 heteroatoms. The van der Waals surface area contributed by atoms with Gasteiger partial charge in [-0.1, -0.05) is 48.5 Å². The van der Waals surface area contributed by atoms with Crippen molar-refractivity contribution >= 4 is 17.4 Å². The lowest BCUT2D eigenvalue weighted by molar-refractivity contribution is -0.255. The Labute approximate surface area is 129 Å². The van der Waals surface area contributed by atoms with Gasteiger partial charge in [0.05, 0.1) is 12.4 Å². The van der Waals surface area contributed by atoms with Crippen molar-refractivity contribution in [1.82, 2.24) is 0 Å². The number of Topliss-reactive ketones (excluding diaryl/α,β-unsaturated/α-hetero) is 1. The molecule has 0 aliphatic rings. The zero-order chi connectivity index (χ0) is 16.1. The minimum atomic E-state index is -1.22. The van der Waals surface area contributed by atoms with E-state index in [0.29, 0.717) is 16.9 Å². The normalized spacial score (nSPS) is 10.0. The van der Waals surface area contributed by atoms with Crippen LogP contribution in [0.15, 0.2) is 60.8 Å². The molecule has 0 saturated heterocycles. The Balaban J connectivity index is 1.96. The number of hydrogen-bond acceptors (Lipinski definition) is 4. The smallest absolute Gasteiger partial charge is 0.168 e. The molecule has 0 saturated carbocycles. The first-order valence-electron chi connectivity index (χ1n) is 6.82. The number of rotatable bonds is 6. The van der Waals surface area contributed by atoms with Crippen molar-refractivity contribution in [1.29, 1.82) is 0 Å². The molecular weight excluding hydrogens is 278 g/mol. The molecule has 0 spiro atoms. The summed E-state index contributed by atoms with van der Waals surface area (Å²) in [6.45, 7) is 5.79. The predicted octanol–water partition coefficient (Wildman–Crippen LogP) is 2.56. The summed E-state index contributed by atoms with van der Waals surface area (Å²) in [7, 11) is 0. The van der Waals surface area contributed by atoms with Crippen LogP contribution in [0.5, 0.6) is 0 Å². The lowest BCUT2D eigenvalue weighted by atomic mass is 10.1. The molecule has 2 aromatic rings. The van der Waals surface area contributed by atoms with Crippen LogP contribution >= 0.6 is 0 Å². The lowest BCUT2D eigenvalue weighted by Gasteiger charge is -2.10. The summed E-state index contributed by atoms with van der Waals surface area (Å²) in [6.07, 6.45) is 0.172. The van der Waals surface area contributed by atoms with E-state index in [1.165, 1.54) is 12.1 Å². The zero-order valence-corrected chi connectivity index (χ0v) is 12.3. The average molecular weight is 294 g/mol. The van der Waals surface area contributed by atoms with Crippen LogP contribution in [0.4, 0.5) is 5.69 Å². The fourth-order valence-corrected chi connectivity index (χ4v) is 1.97. The third-order valence-corrected chi connectivity index (χ3v) is 3.19. The van der Waals surface area contributed by atoms with Crippen LogP contribution in [0, 0.1) is 6.92 Å². The molecule has 2 rings (SSSR count). The highest BCUT2D eigenvalue weighted by atomic mass is 16.4. The van der Waals surface area contributed by atoms with Crippen LogP contribution in [-0.4, -0.2) is 11.8 Å². The average Bonchev–Trinajstić information content (AvgIpc) is 2.48. The Morgan fingerprint density at radius 1 is 1.00 bits per heavy atom. The SMILES string of the molecule is C=C(CC(=O)c1ccc(C)cc1)Nc1ccc(C(=O)[O-])cc1. The van der Waals surface area contributed by atoms with Crippen LogP contribution < -0.4 is 10.4 Å². The number of hydrogen-bond donors (Lipinski definition) is 1. The highest BCUT2D eigenvalue weighted by molar-refractivity contribution is 5.97. The van der Waals surface area contributed by atoms with Gasteiger partial charge in [-0.25, -0.2) is 0 Å². The maximum absolute atomic E-state index is 12.1. The molecule has 1 N–H and O–H groups in total. The number of carboxylic acid groups (broad SMARTS) is 1. The Morgan fingerprint density at radius 3 is 2.09 bits per heavy atom. The fraction of sp³-hybridized carbons (Fsp3) is 0.111. The number of carbonyl (C=O) groups excluding carboxylic acids is 2. The van der Waals surface area contributed by atoms with Gasteiger partial charge in [-0.2, -0.15) is 0 Å². The minimum Gasteiger partial charge on any atom is -0.545 e. The first-order valence-corrected chi connectivity index (χ1v) is 6.82. The molecule has 0 aliphatic heterocycles. The van der Waals surface area contributed by atoms with Gasteiger partial charge >= 0.3 is 0 Å². The summed E-state index contributed by atoms with van der Waals surface area (Å²) < 4.78 is 0. The van der Waals surface area contributed by atoms with Crippen molar-refractivity contribution < 1.29 is 14.7 Å². The molecule has 0 aromatic heterocycles. The monoisotopic (exact) mass is 294 g/mol. The molecule has 2 aromatic carbocycles. The largest absolute Gasteiger partial charge is 0.545 e. The van der Waals surface area contributed by atoms with Gasteiger partial charge in [-0.15, -0.1) is 0 Å². The van der Waals surface area contributed by atoms with Crippen LogP contribution in [0.25, 0.3) is 0 Å². The highest BCUT2D eigenvalue weighted by Crippen LogP contribution is 2.15. The number of allylic oxidation sites excluding steroid dienone is 1. The Hall–Kier alpha value is -2.88. The standard InChI is InChI=1S/C18H17NO3/c1-12-3-5-14(6-4-12)17(20)11-13(2)19-16-9-7-15(8-10-16)18(21)22/h3-10,19H,2,11H2,1H3,(H,21,22)/p-1. The molecule has 0 aliphatic carbocycles. The molecule has 22 heavy (non-hydrogen) atoms. The Bertz CT molecular complexity index is 700. The second kappa shape index (κ2) is 6.72. The van der Waals surface area contributed by atoms with Gasteiger partial charge in [0, 0.05) is 16.9 Å². The number of aryl methyl sites for hydroxylation is 1. The molecule has 0 bridgehead atoms. The summed E-state index contributed by atoms with van der Waals surface area (Å²) >= 11 is 0. The lowest BCUT2D eigenvalue weighted by Crippen LogP contribution is -2.21. The third-order valence-electron chi connectivity index (χ3n) is 3.19. The summed E-state index contributed by atoms with van der Waals surface area (Å²) in [5, 5.41) is 13.7. The maximum atomic E-state index is 12.1. The first-order chi connectivity index (χ1) is 10.5. The van der Waals surface area contributed by atoms with E-state index in [1.807, 2.05) is 19.1 Å². The molecular formula is C18H16NO3-. The van der Waals surface area contributed by atoms with Crippen molar-refractivity contribution in [2.75, 3.05) is 5.32 Å². The number of carbonyl (C=O) groups is 2. The third kappa shape index (κ3) is 4.06. The molecule has 112 valence electrons. The predicted molar refractivity (Wildman–Crippen MR) is 83.7 cm³/mol. The van der Waals surface area contributed by atoms with Gasteiger partial charge in [0.15, 0.2) is 5.78 Å². The molecule has 4 nitrogen and oxygen atoms in total. The van der Waals surface area contributed by atoms with Gasteiger partial charge < -0.3 is 15.2 Å². The minimum absolute atomic E-state index is 0.0242. The molecule has 0 atom stereocenters. The maximum Gasteiger partial charge on any atom is 0.168 e. The second-order valence-electron chi connectivity index (χ2n) is 5.06. The van der Waals surface area contributed by atoms with E-state index >= 15 is 0 Å². The van der Waals surface area contributed by atoms with Gasteiger partial charge in [-0.05, 0) is 24.6 Å². The fourth-order valence-electron chi connectivity index (χ4n) is 1.97. The summed E-state index contributed by atoms with van der Waals surface area (Å²) in [5.74, 6) is -1.25. The molecule has 0 fully saturated rings. The van der Waals surface area contributed by atoms with E-state index in [1.54, 1.807) is 24.3 Å². The zero-order valence-electron chi connectivity index (χ0n) is 12.3. The summed E-state index contributed by atoms with van der Waals surface area (Å²) in [6, 6.07) is 13.4. The number of carboxylic acids is 1. The van der Waals surface area contributed by atoms with E-state index in [4.69, 9.17) is 0 Å². The highest BCUT2D eigenvalue weighted by Gasteiger charge is 2.08. The van der Waals surface area contributed by atoms with E-state index in [2.05, 4.69) is 11.9 Å². The van der Waals surface area contributed by atoms with Gasteiger partial charge in [0.25, 0.3) is 0 Å². The number of anilines is 1. The second-order valence-corrected chi connectivity index (χ2v) is 5.06. The molecule has 0 heterocycles. The van der Waals surface area contributed by atoms with Crippen LogP contribution in [0.3, 0.4) is 0 Å². The first kappa shape index (κ1) is 15.5. The topological polar surface area (TPSA) is 69.2 Å². The Kier molecular flexibility index (Phi) is 4.73. The summed E-state index contributed by atoms with van der Waals surface area (Å²) in [5.41, 5.74) is 3.06. The van der Waals surface area contributed by atoms with E-state index in [9.17, 15) is 14.7 Å². The molecule has 0 amide bonds. The van der Waals surface area contributed by atoms with Crippen molar-refractivity contribution in [3.63, 3.8) is 0 Å². The molecule has 0 unspecified atom stereocenters.